The van der Waals surface area contributed by atoms with Crippen LogP contribution in [-0.2, 0) is 16.0 Å². The fourth-order valence-electron chi connectivity index (χ4n) is 5.71. The van der Waals surface area contributed by atoms with E-state index in [9.17, 15) is 14.7 Å². The van der Waals surface area contributed by atoms with E-state index >= 15 is 0 Å². The summed E-state index contributed by atoms with van der Waals surface area (Å²) in [5, 5.41) is 20.1. The lowest BCUT2D eigenvalue weighted by atomic mass is 9.90. The van der Waals surface area contributed by atoms with E-state index in [2.05, 4.69) is 69.9 Å². The Morgan fingerprint density at radius 3 is 2.23 bits per heavy atom. The quantitative estimate of drug-likeness (QED) is 0.303. The Bertz CT molecular complexity index is 1600. The van der Waals surface area contributed by atoms with Crippen LogP contribution in [0.4, 0.5) is 5.95 Å². The lowest BCUT2D eigenvalue weighted by Gasteiger charge is -2.36. The van der Waals surface area contributed by atoms with Gasteiger partial charge in [-0.05, 0) is 56.8 Å². The molecule has 8 nitrogen and oxygen atoms in total. The Hall–Kier alpha value is -4.30. The number of piperazine rings is 1. The van der Waals surface area contributed by atoms with Crippen molar-refractivity contribution < 1.29 is 14.7 Å². The molecule has 39 heavy (non-hydrogen) atoms. The van der Waals surface area contributed by atoms with Crippen LogP contribution in [0.25, 0.3) is 32.3 Å². The summed E-state index contributed by atoms with van der Waals surface area (Å²) in [6.45, 7) is 1.74. The number of aliphatic hydroxyl groups excluding tert-OH is 1. The molecule has 1 saturated heterocycles. The first-order chi connectivity index (χ1) is 19.1. The highest BCUT2D eigenvalue weighted by atomic mass is 16.3. The zero-order valence-corrected chi connectivity index (χ0v) is 21.7. The SMILES string of the molecule is O=C(CCCc1ccc2ccc3cccc4ccc1c2c34)N[C@@H](CO)C(=O)N1CCN(c2ncccn2)CC1. The number of hydrogen-bond donors (Lipinski definition) is 2. The highest BCUT2D eigenvalue weighted by molar-refractivity contribution is 6.23. The maximum Gasteiger partial charge on any atom is 0.247 e. The van der Waals surface area contributed by atoms with Gasteiger partial charge >= 0.3 is 0 Å². The number of rotatable bonds is 8. The first kappa shape index (κ1) is 25.0. The number of nitrogens with one attached hydrogen (secondary N) is 1. The number of anilines is 1. The summed E-state index contributed by atoms with van der Waals surface area (Å²) in [4.78, 5) is 38.0. The molecule has 2 amide bonds. The maximum atomic E-state index is 13.0. The minimum Gasteiger partial charge on any atom is -0.394 e. The number of aromatic nitrogens is 2. The van der Waals surface area contributed by atoms with Crippen LogP contribution in [0.15, 0.2) is 73.1 Å². The molecule has 5 aromatic rings. The molecule has 198 valence electrons. The smallest absolute Gasteiger partial charge is 0.247 e. The van der Waals surface area contributed by atoms with Crippen molar-refractivity contribution in [3.8, 4) is 0 Å². The van der Waals surface area contributed by atoms with E-state index in [1.54, 1.807) is 23.4 Å². The molecule has 0 radical (unpaired) electrons. The number of nitrogens with zero attached hydrogens (tertiary/aromatic N) is 4. The molecule has 1 aliphatic rings. The third kappa shape index (κ3) is 4.95. The molecular formula is C31H31N5O3. The second-order valence-corrected chi connectivity index (χ2v) is 10.1. The molecule has 1 aliphatic heterocycles. The van der Waals surface area contributed by atoms with E-state index in [1.165, 1.54) is 37.9 Å². The molecule has 8 heteroatoms. The first-order valence-electron chi connectivity index (χ1n) is 13.5. The highest BCUT2D eigenvalue weighted by Gasteiger charge is 2.28. The summed E-state index contributed by atoms with van der Waals surface area (Å²) in [6.07, 6.45) is 5.08. The van der Waals surface area contributed by atoms with Gasteiger partial charge in [-0.15, -0.1) is 0 Å². The lowest BCUT2D eigenvalue weighted by Crippen LogP contribution is -2.56. The molecule has 6 rings (SSSR count). The van der Waals surface area contributed by atoms with Crippen molar-refractivity contribution in [3.63, 3.8) is 0 Å². The minimum absolute atomic E-state index is 0.226. The summed E-state index contributed by atoms with van der Waals surface area (Å²) in [7, 11) is 0. The third-order valence-electron chi connectivity index (χ3n) is 7.71. The molecule has 0 bridgehead atoms. The van der Waals surface area contributed by atoms with Gasteiger partial charge in [0.05, 0.1) is 6.61 Å². The van der Waals surface area contributed by atoms with Gasteiger partial charge in [-0.25, -0.2) is 9.97 Å². The zero-order chi connectivity index (χ0) is 26.8. The number of aryl methyl sites for hydroxylation is 1. The van der Waals surface area contributed by atoms with Gasteiger partial charge in [0.25, 0.3) is 0 Å². The van der Waals surface area contributed by atoms with Crippen molar-refractivity contribution in [2.45, 2.75) is 25.3 Å². The van der Waals surface area contributed by atoms with Gasteiger partial charge in [-0.3, -0.25) is 9.59 Å². The van der Waals surface area contributed by atoms with E-state index in [1.807, 2.05) is 4.90 Å². The number of carbonyl (C=O) groups is 2. The van der Waals surface area contributed by atoms with Crippen LogP contribution >= 0.6 is 0 Å². The molecular weight excluding hydrogens is 490 g/mol. The van der Waals surface area contributed by atoms with Crippen molar-refractivity contribution in [2.24, 2.45) is 0 Å². The third-order valence-corrected chi connectivity index (χ3v) is 7.71. The van der Waals surface area contributed by atoms with Crippen LogP contribution in [0.3, 0.4) is 0 Å². The van der Waals surface area contributed by atoms with Crippen LogP contribution in [-0.4, -0.2) is 70.6 Å². The molecule has 0 aliphatic carbocycles. The van der Waals surface area contributed by atoms with Gasteiger partial charge in [0, 0.05) is 45.0 Å². The molecule has 2 N–H and O–H groups in total. The standard InChI is InChI=1S/C31H31N5O3/c37-20-26(30(39)35-16-18-36(19-17-35)31-32-14-3-15-33-31)34-27(38)7-2-4-21-8-9-24-11-10-22-5-1-6-23-12-13-25(21)29(24)28(22)23/h1,3,5-6,8-15,26,37H,2,4,7,16-20H2,(H,34,38)/t26-/m0/s1. The molecule has 1 fully saturated rings. The average Bonchev–Trinajstić information content (AvgIpc) is 2.99. The summed E-state index contributed by atoms with van der Waals surface area (Å²) < 4.78 is 0. The van der Waals surface area contributed by atoms with E-state index < -0.39 is 12.6 Å². The molecule has 1 aromatic heterocycles. The van der Waals surface area contributed by atoms with Crippen LogP contribution < -0.4 is 10.2 Å². The van der Waals surface area contributed by atoms with E-state index in [4.69, 9.17) is 0 Å². The normalized spacial score (nSPS) is 14.8. The molecule has 4 aromatic carbocycles. The highest BCUT2D eigenvalue weighted by Crippen LogP contribution is 2.36. The summed E-state index contributed by atoms with van der Waals surface area (Å²) in [5.41, 5.74) is 1.21. The maximum absolute atomic E-state index is 13.0. The fourth-order valence-corrected chi connectivity index (χ4v) is 5.71. The Balaban J connectivity index is 1.05. The minimum atomic E-state index is -0.938. The van der Waals surface area contributed by atoms with Gasteiger partial charge in [-0.2, -0.15) is 0 Å². The number of aliphatic hydroxyl groups is 1. The van der Waals surface area contributed by atoms with Crippen LogP contribution in [0.2, 0.25) is 0 Å². The van der Waals surface area contributed by atoms with Crippen LogP contribution in [0, 0.1) is 0 Å². The number of benzene rings is 4. The average molecular weight is 522 g/mol. The Labute approximate surface area is 226 Å². The van der Waals surface area contributed by atoms with Crippen molar-refractivity contribution in [3.05, 3.63) is 78.6 Å². The fraction of sp³-hybridized carbons (Fsp3) is 0.290. The molecule has 0 saturated carbocycles. The Morgan fingerprint density at radius 1 is 0.846 bits per heavy atom. The summed E-state index contributed by atoms with van der Waals surface area (Å²) >= 11 is 0. The van der Waals surface area contributed by atoms with E-state index in [-0.39, 0.29) is 18.2 Å². The van der Waals surface area contributed by atoms with Gasteiger partial charge in [0.1, 0.15) is 6.04 Å². The second-order valence-electron chi connectivity index (χ2n) is 10.1. The van der Waals surface area contributed by atoms with E-state index in [0.29, 0.717) is 38.5 Å². The molecule has 2 heterocycles. The van der Waals surface area contributed by atoms with Gasteiger partial charge < -0.3 is 20.2 Å². The van der Waals surface area contributed by atoms with Crippen LogP contribution in [0.5, 0.6) is 0 Å². The summed E-state index contributed by atoms with van der Waals surface area (Å²) in [6, 6.07) is 20.2. The zero-order valence-electron chi connectivity index (χ0n) is 21.7. The number of hydrogen-bond acceptors (Lipinski definition) is 6. The molecule has 0 unspecified atom stereocenters. The van der Waals surface area contributed by atoms with Gasteiger partial charge in [0.15, 0.2) is 0 Å². The predicted octanol–water partition coefficient (Wildman–Crippen LogP) is 3.52. The van der Waals surface area contributed by atoms with Crippen molar-refractivity contribution in [1.29, 1.82) is 0 Å². The molecule has 1 atom stereocenters. The Kier molecular flexibility index (Phi) is 6.94. The van der Waals surface area contributed by atoms with E-state index in [0.717, 1.165) is 6.42 Å². The predicted molar refractivity (Wildman–Crippen MR) is 153 cm³/mol. The lowest BCUT2D eigenvalue weighted by molar-refractivity contribution is -0.137. The number of amides is 2. The van der Waals surface area contributed by atoms with Gasteiger partial charge in [0.2, 0.25) is 17.8 Å². The van der Waals surface area contributed by atoms with Crippen molar-refractivity contribution >= 4 is 50.1 Å². The largest absolute Gasteiger partial charge is 0.394 e. The van der Waals surface area contributed by atoms with Crippen molar-refractivity contribution in [2.75, 3.05) is 37.7 Å². The number of carbonyl (C=O) groups excluding carboxylic acids is 2. The first-order valence-corrected chi connectivity index (χ1v) is 13.5. The van der Waals surface area contributed by atoms with Gasteiger partial charge in [-0.1, -0.05) is 54.6 Å². The van der Waals surface area contributed by atoms with Crippen LogP contribution in [0.1, 0.15) is 18.4 Å². The summed E-state index contributed by atoms with van der Waals surface area (Å²) in [5.74, 6) is 0.156. The topological polar surface area (TPSA) is 98.7 Å². The second kappa shape index (κ2) is 10.8. The van der Waals surface area contributed by atoms with Crippen molar-refractivity contribution in [1.82, 2.24) is 20.2 Å². The Morgan fingerprint density at radius 2 is 1.51 bits per heavy atom. The monoisotopic (exact) mass is 521 g/mol. The molecule has 0 spiro atoms.